The second kappa shape index (κ2) is 22.9. The highest BCUT2D eigenvalue weighted by atomic mass is 33.1. The minimum atomic E-state index is -0.970. The summed E-state index contributed by atoms with van der Waals surface area (Å²) in [6.45, 7) is 2.27. The Morgan fingerprint density at radius 2 is 1.11 bits per heavy atom. The molecule has 0 heterocycles. The van der Waals surface area contributed by atoms with E-state index in [0.717, 1.165) is 23.2 Å². The van der Waals surface area contributed by atoms with Crippen LogP contribution in [0.25, 0.3) is 0 Å². The molecule has 0 bridgehead atoms. The number of hydrogen-bond donors (Lipinski definition) is 1. The molecule has 0 aromatic carbocycles. The second-order valence-electron chi connectivity index (χ2n) is 7.54. The summed E-state index contributed by atoms with van der Waals surface area (Å²) in [5, 5.41) is 8.48. The maximum atomic E-state index is 11.2. The molecule has 6 heteroatoms. The zero-order chi connectivity index (χ0) is 20.7. The van der Waals surface area contributed by atoms with E-state index >= 15 is 0 Å². The van der Waals surface area contributed by atoms with Gasteiger partial charge in [-0.1, -0.05) is 114 Å². The van der Waals surface area contributed by atoms with Crippen molar-refractivity contribution in [2.75, 3.05) is 5.75 Å². The molecule has 0 aliphatic rings. The lowest BCUT2D eigenvalue weighted by molar-refractivity contribution is -0.141. The lowest BCUT2D eigenvalue weighted by Gasteiger charge is -2.04. The van der Waals surface area contributed by atoms with Gasteiger partial charge in [0.25, 0.3) is 0 Å². The summed E-state index contributed by atoms with van der Waals surface area (Å²) < 4.78 is 4.90. The van der Waals surface area contributed by atoms with Gasteiger partial charge in [-0.3, -0.25) is 9.59 Å². The topological polar surface area (TPSA) is 63.6 Å². The van der Waals surface area contributed by atoms with Crippen LogP contribution < -0.4 is 0 Å². The van der Waals surface area contributed by atoms with Gasteiger partial charge >= 0.3 is 11.9 Å². The molecule has 4 nitrogen and oxygen atoms in total. The van der Waals surface area contributed by atoms with Gasteiger partial charge < -0.3 is 9.29 Å². The summed E-state index contributed by atoms with van der Waals surface area (Å²) in [6.07, 6.45) is 21.7. The molecule has 0 aromatic rings. The predicted octanol–water partition coefficient (Wildman–Crippen LogP) is 7.95. The van der Waals surface area contributed by atoms with Crippen molar-refractivity contribution in [1.29, 1.82) is 0 Å². The van der Waals surface area contributed by atoms with Crippen LogP contribution in [-0.4, -0.2) is 22.8 Å². The Morgan fingerprint density at radius 1 is 0.679 bits per heavy atom. The third-order valence-corrected chi connectivity index (χ3v) is 6.60. The second-order valence-corrected chi connectivity index (χ2v) is 9.60. The van der Waals surface area contributed by atoms with Crippen LogP contribution in [0.2, 0.25) is 0 Å². The number of hydrogen-bond acceptors (Lipinski definition) is 5. The van der Waals surface area contributed by atoms with Crippen LogP contribution >= 0.6 is 21.9 Å². The third-order valence-electron chi connectivity index (χ3n) is 4.80. The highest BCUT2D eigenvalue weighted by Crippen LogP contribution is 2.25. The van der Waals surface area contributed by atoms with Crippen LogP contribution in [0.1, 0.15) is 122 Å². The number of carboxylic acids is 1. The molecular weight excluding hydrogens is 392 g/mol. The molecule has 0 aromatic heterocycles. The van der Waals surface area contributed by atoms with E-state index in [9.17, 15) is 9.59 Å². The summed E-state index contributed by atoms with van der Waals surface area (Å²) in [5.74, 6) is -0.454. The van der Waals surface area contributed by atoms with Crippen LogP contribution in [0.4, 0.5) is 0 Å². The summed E-state index contributed by atoms with van der Waals surface area (Å²) in [5.41, 5.74) is 0. The van der Waals surface area contributed by atoms with E-state index in [-0.39, 0.29) is 12.8 Å². The molecule has 0 amide bonds. The monoisotopic (exact) mass is 434 g/mol. The molecule has 0 aliphatic heterocycles. The van der Waals surface area contributed by atoms with Crippen LogP contribution in [0.15, 0.2) is 0 Å². The Bertz CT molecular complexity index is 364. The average Bonchev–Trinajstić information content (AvgIpc) is 2.68. The first kappa shape index (κ1) is 27.6. The summed E-state index contributed by atoms with van der Waals surface area (Å²) in [7, 11) is 1.53. The molecule has 1 N–H and O–H groups in total. The number of carbonyl (C=O) groups is 2. The number of carbonyl (C=O) groups excluding carboxylic acids is 1. The first-order valence-corrected chi connectivity index (χ1v) is 13.6. The molecule has 166 valence electrons. The molecule has 0 saturated carbocycles. The lowest BCUT2D eigenvalue weighted by atomic mass is 10.0. The van der Waals surface area contributed by atoms with Gasteiger partial charge in [0.05, 0.1) is 12.8 Å². The van der Waals surface area contributed by atoms with E-state index in [0.29, 0.717) is 0 Å². The van der Waals surface area contributed by atoms with E-state index in [1.54, 1.807) is 0 Å². The van der Waals surface area contributed by atoms with Gasteiger partial charge in [0.2, 0.25) is 0 Å². The smallest absolute Gasteiger partial charge is 0.319 e. The largest absolute Gasteiger partial charge is 0.481 e. The Hall–Kier alpha value is -0.360. The minimum absolute atomic E-state index is 0.0536. The summed E-state index contributed by atoms with van der Waals surface area (Å²) >= 11 is 1.07. The molecule has 0 unspecified atom stereocenters. The molecule has 28 heavy (non-hydrogen) atoms. The van der Waals surface area contributed by atoms with Gasteiger partial charge in [-0.2, -0.15) is 0 Å². The Kier molecular flexibility index (Phi) is 22.6. The molecule has 0 rings (SSSR count). The Balaban J connectivity index is 3.08. The van der Waals surface area contributed by atoms with Gasteiger partial charge in [0.15, 0.2) is 0 Å². The number of carboxylic acid groups (broad SMARTS) is 1. The fourth-order valence-corrected chi connectivity index (χ4v) is 4.58. The van der Waals surface area contributed by atoms with Gasteiger partial charge in [0.1, 0.15) is 11.1 Å². The zero-order valence-corrected chi connectivity index (χ0v) is 19.6. The van der Waals surface area contributed by atoms with Crippen molar-refractivity contribution in [3.8, 4) is 0 Å². The number of aliphatic carboxylic acids is 1. The standard InChI is InChI=1S/C22H42O4S2/c1-2-3-4-5-6-7-8-9-10-11-12-13-14-15-16-17-20-27-28-26-22(25)19-18-21(23)24/h2-20H2,1H3,(H,23,24). The minimum Gasteiger partial charge on any atom is -0.481 e. The van der Waals surface area contributed by atoms with Gasteiger partial charge in [-0.15, -0.1) is 0 Å². The van der Waals surface area contributed by atoms with Crippen molar-refractivity contribution in [3.05, 3.63) is 0 Å². The van der Waals surface area contributed by atoms with Crippen molar-refractivity contribution in [3.63, 3.8) is 0 Å². The van der Waals surface area contributed by atoms with Gasteiger partial charge in [0, 0.05) is 5.75 Å². The SMILES string of the molecule is CCCCCCCCCCCCCCCCCCSSOC(=O)CCC(=O)O. The van der Waals surface area contributed by atoms with E-state index in [2.05, 4.69) is 6.92 Å². The zero-order valence-electron chi connectivity index (χ0n) is 17.9. The quantitative estimate of drug-likeness (QED) is 0.106. The maximum absolute atomic E-state index is 11.2. The lowest BCUT2D eigenvalue weighted by Crippen LogP contribution is -2.03. The predicted molar refractivity (Wildman–Crippen MR) is 123 cm³/mol. The van der Waals surface area contributed by atoms with Crippen molar-refractivity contribution >= 4 is 33.8 Å². The van der Waals surface area contributed by atoms with Crippen molar-refractivity contribution in [1.82, 2.24) is 0 Å². The fourth-order valence-electron chi connectivity index (χ4n) is 3.06. The van der Waals surface area contributed by atoms with E-state index in [1.807, 2.05) is 0 Å². The Labute approximate surface area is 180 Å². The molecular formula is C22H42O4S2. The van der Waals surface area contributed by atoms with E-state index in [1.165, 1.54) is 107 Å². The third kappa shape index (κ3) is 23.7. The number of unbranched alkanes of at least 4 members (excludes halogenated alkanes) is 15. The molecule has 0 radical (unpaired) electrons. The van der Waals surface area contributed by atoms with Gasteiger partial charge in [-0.25, -0.2) is 0 Å². The first-order valence-electron chi connectivity index (χ1n) is 11.4. The highest BCUT2D eigenvalue weighted by molar-refractivity contribution is 8.75. The van der Waals surface area contributed by atoms with Crippen LogP contribution in [-0.2, 0) is 13.8 Å². The van der Waals surface area contributed by atoms with Crippen LogP contribution in [0.5, 0.6) is 0 Å². The van der Waals surface area contributed by atoms with E-state index < -0.39 is 11.9 Å². The average molecular weight is 435 g/mol. The van der Waals surface area contributed by atoms with Crippen LogP contribution in [0, 0.1) is 0 Å². The summed E-state index contributed by atoms with van der Waals surface area (Å²) in [6, 6.07) is 0. The van der Waals surface area contributed by atoms with Crippen molar-refractivity contribution in [2.45, 2.75) is 122 Å². The molecule has 0 fully saturated rings. The van der Waals surface area contributed by atoms with E-state index in [4.69, 9.17) is 9.29 Å². The molecule has 0 saturated heterocycles. The van der Waals surface area contributed by atoms with Crippen LogP contribution in [0.3, 0.4) is 0 Å². The fraction of sp³-hybridized carbons (Fsp3) is 0.909. The molecule has 0 atom stereocenters. The summed E-state index contributed by atoms with van der Waals surface area (Å²) in [4.78, 5) is 21.5. The molecule has 0 spiro atoms. The normalized spacial score (nSPS) is 10.9. The van der Waals surface area contributed by atoms with Crippen molar-refractivity contribution in [2.24, 2.45) is 0 Å². The first-order chi connectivity index (χ1) is 13.7. The number of rotatable bonds is 22. The molecule has 0 aliphatic carbocycles. The Morgan fingerprint density at radius 3 is 1.54 bits per heavy atom. The highest BCUT2D eigenvalue weighted by Gasteiger charge is 2.07. The maximum Gasteiger partial charge on any atom is 0.319 e. The van der Waals surface area contributed by atoms with Crippen molar-refractivity contribution < 1.29 is 18.9 Å². The van der Waals surface area contributed by atoms with Gasteiger partial charge in [-0.05, 0) is 6.42 Å².